The van der Waals surface area contributed by atoms with Gasteiger partial charge in [0.15, 0.2) is 0 Å². The fourth-order valence-corrected chi connectivity index (χ4v) is 4.78. The van der Waals surface area contributed by atoms with Crippen molar-refractivity contribution in [1.82, 2.24) is 4.72 Å². The summed E-state index contributed by atoms with van der Waals surface area (Å²) in [6.07, 6.45) is 0.182. The number of anilines is 1. The first kappa shape index (κ1) is 19.8. The average molecular weight is 417 g/mol. The van der Waals surface area contributed by atoms with Crippen LogP contribution in [-0.4, -0.2) is 20.4 Å². The van der Waals surface area contributed by atoms with Gasteiger partial charge in [0.1, 0.15) is 6.04 Å². The van der Waals surface area contributed by atoms with Crippen LogP contribution in [0.5, 0.6) is 0 Å². The van der Waals surface area contributed by atoms with Gasteiger partial charge in [0.05, 0.1) is 23.1 Å². The predicted octanol–water partition coefficient (Wildman–Crippen LogP) is 2.99. The second-order valence-corrected chi connectivity index (χ2v) is 8.77. The first-order valence-electron chi connectivity index (χ1n) is 9.43. The Balaban J connectivity index is 1.71. The summed E-state index contributed by atoms with van der Waals surface area (Å²) < 4.78 is 28.2. The van der Waals surface area contributed by atoms with Gasteiger partial charge in [-0.15, -0.1) is 0 Å². The van der Waals surface area contributed by atoms with Crippen molar-refractivity contribution in [1.29, 1.82) is 5.26 Å². The zero-order chi connectivity index (χ0) is 21.1. The fraction of sp³-hybridized carbons (Fsp3) is 0.130. The Morgan fingerprint density at radius 1 is 1.00 bits per heavy atom. The molecule has 0 aromatic heterocycles. The second kappa shape index (κ2) is 8.11. The fourth-order valence-electron chi connectivity index (χ4n) is 3.57. The summed E-state index contributed by atoms with van der Waals surface area (Å²) >= 11 is 0. The molecule has 1 amide bonds. The molecule has 4 rings (SSSR count). The lowest BCUT2D eigenvalue weighted by molar-refractivity contribution is -0.120. The lowest BCUT2D eigenvalue weighted by atomic mass is 9.95. The molecule has 6 nitrogen and oxygen atoms in total. The highest BCUT2D eigenvalue weighted by Gasteiger charge is 2.35. The first-order chi connectivity index (χ1) is 14.5. The van der Waals surface area contributed by atoms with Gasteiger partial charge in [-0.05, 0) is 47.9 Å². The Kier molecular flexibility index (Phi) is 5.36. The summed E-state index contributed by atoms with van der Waals surface area (Å²) in [6.45, 7) is 0.308. The van der Waals surface area contributed by atoms with Gasteiger partial charge in [-0.1, -0.05) is 48.5 Å². The molecule has 1 unspecified atom stereocenters. The van der Waals surface area contributed by atoms with Gasteiger partial charge in [0.25, 0.3) is 0 Å². The summed E-state index contributed by atoms with van der Waals surface area (Å²) in [5.74, 6) is -0.324. The topological polar surface area (TPSA) is 90.3 Å². The van der Waals surface area contributed by atoms with Crippen LogP contribution in [0, 0.1) is 11.3 Å². The number of nitrogens with zero attached hydrogens (tertiary/aromatic N) is 2. The van der Waals surface area contributed by atoms with Gasteiger partial charge in [-0.2, -0.15) is 9.98 Å². The zero-order valence-electron chi connectivity index (χ0n) is 16.0. The molecule has 150 valence electrons. The first-order valence-corrected chi connectivity index (χ1v) is 10.9. The van der Waals surface area contributed by atoms with Crippen molar-refractivity contribution >= 4 is 21.6 Å². The zero-order valence-corrected chi connectivity index (χ0v) is 16.8. The molecule has 0 spiro atoms. The van der Waals surface area contributed by atoms with Crippen molar-refractivity contribution in [2.24, 2.45) is 0 Å². The van der Waals surface area contributed by atoms with Crippen molar-refractivity contribution < 1.29 is 13.2 Å². The van der Waals surface area contributed by atoms with E-state index in [0.29, 0.717) is 17.8 Å². The van der Waals surface area contributed by atoms with Crippen LogP contribution in [0.4, 0.5) is 5.69 Å². The third-order valence-corrected chi connectivity index (χ3v) is 6.51. The molecule has 0 saturated carbocycles. The van der Waals surface area contributed by atoms with Gasteiger partial charge in [0.2, 0.25) is 15.9 Å². The molecule has 30 heavy (non-hydrogen) atoms. The molecule has 0 saturated heterocycles. The van der Waals surface area contributed by atoms with E-state index >= 15 is 0 Å². The van der Waals surface area contributed by atoms with Crippen LogP contribution in [0.2, 0.25) is 0 Å². The van der Waals surface area contributed by atoms with Crippen molar-refractivity contribution in [2.45, 2.75) is 23.9 Å². The molecule has 1 aliphatic heterocycles. The maximum Gasteiger partial charge on any atom is 0.245 e. The highest BCUT2D eigenvalue weighted by Crippen LogP contribution is 2.31. The highest BCUT2D eigenvalue weighted by molar-refractivity contribution is 7.89. The minimum atomic E-state index is -3.87. The molecule has 1 atom stereocenters. The van der Waals surface area contributed by atoms with Crippen molar-refractivity contribution in [2.75, 3.05) is 4.90 Å². The molecule has 1 N–H and O–H groups in total. The van der Waals surface area contributed by atoms with E-state index < -0.39 is 16.1 Å². The van der Waals surface area contributed by atoms with E-state index in [-0.39, 0.29) is 17.2 Å². The SMILES string of the molecule is N#Cc1ccc2c(c1)CC(NS(=O)(=O)c1ccccc1)C(=O)N2Cc1ccccc1. The van der Waals surface area contributed by atoms with Gasteiger partial charge in [-0.25, -0.2) is 8.42 Å². The van der Waals surface area contributed by atoms with Crippen LogP contribution in [0.25, 0.3) is 0 Å². The van der Waals surface area contributed by atoms with E-state index in [0.717, 1.165) is 11.1 Å². The third-order valence-electron chi connectivity index (χ3n) is 5.02. The number of hydrogen-bond donors (Lipinski definition) is 1. The monoisotopic (exact) mass is 417 g/mol. The van der Waals surface area contributed by atoms with Gasteiger partial charge in [-0.3, -0.25) is 4.79 Å². The number of nitriles is 1. The van der Waals surface area contributed by atoms with Crippen LogP contribution in [0.1, 0.15) is 16.7 Å². The maximum atomic E-state index is 13.3. The highest BCUT2D eigenvalue weighted by atomic mass is 32.2. The van der Waals surface area contributed by atoms with E-state index in [1.54, 1.807) is 41.3 Å². The minimum Gasteiger partial charge on any atom is -0.306 e. The number of carbonyl (C=O) groups excluding carboxylic acids is 1. The largest absolute Gasteiger partial charge is 0.306 e. The average Bonchev–Trinajstić information content (AvgIpc) is 2.77. The third kappa shape index (κ3) is 3.96. The van der Waals surface area contributed by atoms with Crippen LogP contribution in [-0.2, 0) is 27.8 Å². The number of amides is 1. The van der Waals surface area contributed by atoms with Crippen LogP contribution >= 0.6 is 0 Å². The summed E-state index contributed by atoms with van der Waals surface area (Å²) in [7, 11) is -3.87. The summed E-state index contributed by atoms with van der Waals surface area (Å²) in [5, 5.41) is 9.25. The molecular formula is C23H19N3O3S. The molecular weight excluding hydrogens is 398 g/mol. The maximum absolute atomic E-state index is 13.3. The number of benzene rings is 3. The van der Waals surface area contributed by atoms with Gasteiger partial charge >= 0.3 is 0 Å². The molecule has 0 radical (unpaired) electrons. The van der Waals surface area contributed by atoms with Crippen molar-refractivity contribution in [3.05, 3.63) is 95.6 Å². The standard InChI is InChI=1S/C23H19N3O3S/c24-15-18-11-12-22-19(13-18)14-21(25-30(28,29)20-9-5-2-6-10-20)23(27)26(22)16-17-7-3-1-4-8-17/h1-13,21,25H,14,16H2. The quantitative estimate of drug-likeness (QED) is 0.691. The molecule has 0 fully saturated rings. The van der Waals surface area contributed by atoms with Crippen LogP contribution in [0.3, 0.4) is 0 Å². The van der Waals surface area contributed by atoms with Gasteiger partial charge < -0.3 is 4.90 Å². The minimum absolute atomic E-state index is 0.101. The van der Waals surface area contributed by atoms with Crippen molar-refractivity contribution in [3.63, 3.8) is 0 Å². The summed E-state index contributed by atoms with van der Waals surface area (Å²) in [5.41, 5.74) is 2.84. The molecule has 3 aromatic rings. The molecule has 3 aromatic carbocycles. The Hall–Kier alpha value is -3.47. The number of sulfonamides is 1. The number of nitrogens with one attached hydrogen (secondary N) is 1. The number of hydrogen-bond acceptors (Lipinski definition) is 4. The number of carbonyl (C=O) groups is 1. The summed E-state index contributed by atoms with van der Waals surface area (Å²) in [6, 6.07) is 23.7. The lowest BCUT2D eigenvalue weighted by Gasteiger charge is -2.34. The lowest BCUT2D eigenvalue weighted by Crippen LogP contribution is -2.52. The second-order valence-electron chi connectivity index (χ2n) is 7.06. The Morgan fingerprint density at radius 2 is 1.67 bits per heavy atom. The van der Waals surface area contributed by atoms with E-state index in [2.05, 4.69) is 10.8 Å². The Morgan fingerprint density at radius 3 is 2.33 bits per heavy atom. The van der Waals surface area contributed by atoms with Crippen LogP contribution < -0.4 is 9.62 Å². The molecule has 1 heterocycles. The van der Waals surface area contributed by atoms with E-state index in [1.165, 1.54) is 12.1 Å². The normalized spacial score (nSPS) is 16.0. The number of fused-ring (bicyclic) bond motifs is 1. The Bertz CT molecular complexity index is 1220. The molecule has 0 bridgehead atoms. The number of rotatable bonds is 5. The summed E-state index contributed by atoms with van der Waals surface area (Å²) in [4.78, 5) is 15.0. The smallest absolute Gasteiger partial charge is 0.245 e. The molecule has 1 aliphatic rings. The molecule has 0 aliphatic carbocycles. The van der Waals surface area contributed by atoms with E-state index in [9.17, 15) is 18.5 Å². The van der Waals surface area contributed by atoms with Gasteiger partial charge in [0, 0.05) is 5.69 Å². The molecule has 7 heteroatoms. The van der Waals surface area contributed by atoms with Crippen molar-refractivity contribution in [3.8, 4) is 6.07 Å². The Labute approximate surface area is 175 Å². The van der Waals surface area contributed by atoms with Crippen LogP contribution in [0.15, 0.2) is 83.8 Å². The predicted molar refractivity (Wildman–Crippen MR) is 113 cm³/mol. The van der Waals surface area contributed by atoms with E-state index in [1.807, 2.05) is 30.3 Å². The van der Waals surface area contributed by atoms with E-state index in [4.69, 9.17) is 0 Å².